The van der Waals surface area contributed by atoms with Gasteiger partial charge < -0.3 is 10.4 Å². The van der Waals surface area contributed by atoms with Crippen molar-refractivity contribution >= 4 is 27.8 Å². The van der Waals surface area contributed by atoms with Crippen molar-refractivity contribution in [2.24, 2.45) is 0 Å². The van der Waals surface area contributed by atoms with E-state index in [1.165, 1.54) is 0 Å². The van der Waals surface area contributed by atoms with Gasteiger partial charge in [-0.2, -0.15) is 0 Å². The number of carboxylic acids is 1. The predicted molar refractivity (Wildman–Crippen MR) is 73.0 cm³/mol. The number of rotatable bonds is 6. The molecule has 0 saturated carbocycles. The normalized spacial score (nSPS) is 13.7. The molecular formula is C13H16BrNO3. The Labute approximate surface area is 115 Å². The smallest absolute Gasteiger partial charge is 0.317 e. The van der Waals surface area contributed by atoms with Crippen LogP contribution in [0.15, 0.2) is 30.3 Å². The van der Waals surface area contributed by atoms with Gasteiger partial charge in [0.05, 0.1) is 0 Å². The molecule has 5 heteroatoms. The van der Waals surface area contributed by atoms with Gasteiger partial charge in [-0.05, 0) is 25.0 Å². The first-order chi connectivity index (χ1) is 8.54. The van der Waals surface area contributed by atoms with E-state index in [0.717, 1.165) is 0 Å². The Morgan fingerprint density at radius 2 is 1.94 bits per heavy atom. The number of nitrogens with one attached hydrogen (secondary N) is 1. The molecule has 0 heterocycles. The monoisotopic (exact) mass is 313 g/mol. The van der Waals surface area contributed by atoms with Crippen molar-refractivity contribution in [2.75, 3.05) is 0 Å². The molecule has 98 valence electrons. The van der Waals surface area contributed by atoms with Crippen molar-refractivity contribution in [3.63, 3.8) is 0 Å². The molecule has 0 aliphatic carbocycles. The number of benzene rings is 1. The highest BCUT2D eigenvalue weighted by molar-refractivity contribution is 9.10. The second-order valence-electron chi connectivity index (χ2n) is 3.99. The molecule has 0 unspecified atom stereocenters. The molecule has 1 aromatic rings. The molecule has 2 atom stereocenters. The van der Waals surface area contributed by atoms with Crippen LogP contribution in [0.25, 0.3) is 0 Å². The van der Waals surface area contributed by atoms with Gasteiger partial charge in [-0.1, -0.05) is 41.1 Å². The Morgan fingerprint density at radius 3 is 2.44 bits per heavy atom. The first-order valence-electron chi connectivity index (χ1n) is 5.77. The lowest BCUT2D eigenvalue weighted by molar-refractivity contribution is -0.136. The number of alkyl halides is 1. The van der Waals surface area contributed by atoms with Gasteiger partial charge in [-0.3, -0.25) is 9.59 Å². The summed E-state index contributed by atoms with van der Waals surface area (Å²) < 4.78 is 0. The summed E-state index contributed by atoms with van der Waals surface area (Å²) in [5, 5.41) is 11.7. The van der Waals surface area contributed by atoms with Gasteiger partial charge in [0.2, 0.25) is 0 Å². The minimum atomic E-state index is -0.914. The molecule has 2 N–H and O–H groups in total. The van der Waals surface area contributed by atoms with Crippen molar-refractivity contribution in [1.29, 1.82) is 0 Å². The predicted octanol–water partition coefficient (Wildman–Crippen LogP) is 2.43. The maximum absolute atomic E-state index is 11.9. The lowest BCUT2D eigenvalue weighted by Gasteiger charge is -2.18. The standard InChI is InChI=1S/C13H16BrNO3/c1-2-10(8-11(14)13(17)18)15-12(16)9-6-4-3-5-7-9/h3-7,10-11H,2,8H2,1H3,(H,15,16)(H,17,18)/t10-,11-/m0/s1. The molecule has 0 spiro atoms. The summed E-state index contributed by atoms with van der Waals surface area (Å²) in [5.74, 6) is -1.09. The molecule has 0 saturated heterocycles. The Kier molecular flexibility index (Phi) is 5.85. The third kappa shape index (κ3) is 4.49. The highest BCUT2D eigenvalue weighted by Crippen LogP contribution is 2.11. The molecular weight excluding hydrogens is 298 g/mol. The second kappa shape index (κ2) is 7.16. The molecule has 1 amide bonds. The van der Waals surface area contributed by atoms with E-state index in [2.05, 4.69) is 21.2 Å². The SMILES string of the molecule is CC[C@@H](C[C@H](Br)C(=O)O)NC(=O)c1ccccc1. The Morgan fingerprint density at radius 1 is 1.33 bits per heavy atom. The summed E-state index contributed by atoms with van der Waals surface area (Å²) in [6, 6.07) is 8.72. The summed E-state index contributed by atoms with van der Waals surface area (Å²) in [5.41, 5.74) is 0.581. The van der Waals surface area contributed by atoms with Crippen molar-refractivity contribution in [3.05, 3.63) is 35.9 Å². The van der Waals surface area contributed by atoms with Crippen molar-refractivity contribution in [2.45, 2.75) is 30.6 Å². The molecule has 0 radical (unpaired) electrons. The van der Waals surface area contributed by atoms with E-state index < -0.39 is 10.8 Å². The number of amides is 1. The molecule has 0 aromatic heterocycles. The van der Waals surface area contributed by atoms with Crippen LogP contribution in [0, 0.1) is 0 Å². The number of aliphatic carboxylic acids is 1. The fourth-order valence-electron chi connectivity index (χ4n) is 1.54. The largest absolute Gasteiger partial charge is 0.480 e. The molecule has 0 aliphatic rings. The number of carbonyl (C=O) groups excluding carboxylic acids is 1. The van der Waals surface area contributed by atoms with E-state index in [1.54, 1.807) is 24.3 Å². The lowest BCUT2D eigenvalue weighted by atomic mass is 10.1. The molecule has 1 aromatic carbocycles. The zero-order chi connectivity index (χ0) is 13.5. The zero-order valence-corrected chi connectivity index (χ0v) is 11.7. The van der Waals surface area contributed by atoms with Crippen LogP contribution < -0.4 is 5.32 Å². The fraction of sp³-hybridized carbons (Fsp3) is 0.385. The van der Waals surface area contributed by atoms with Crippen LogP contribution in [0.5, 0.6) is 0 Å². The number of hydrogen-bond donors (Lipinski definition) is 2. The van der Waals surface area contributed by atoms with Crippen LogP contribution in [0.2, 0.25) is 0 Å². The number of hydrogen-bond acceptors (Lipinski definition) is 2. The van der Waals surface area contributed by atoms with Crippen LogP contribution in [0.3, 0.4) is 0 Å². The van der Waals surface area contributed by atoms with Gasteiger partial charge >= 0.3 is 5.97 Å². The number of carboxylic acid groups (broad SMARTS) is 1. The minimum Gasteiger partial charge on any atom is -0.480 e. The quantitative estimate of drug-likeness (QED) is 0.793. The average molecular weight is 314 g/mol. The Bertz CT molecular complexity index is 408. The Hall–Kier alpha value is -1.36. The van der Waals surface area contributed by atoms with Gasteiger partial charge in [-0.25, -0.2) is 0 Å². The highest BCUT2D eigenvalue weighted by atomic mass is 79.9. The third-order valence-corrected chi connectivity index (χ3v) is 3.39. The van der Waals surface area contributed by atoms with Crippen LogP contribution in [0.1, 0.15) is 30.1 Å². The molecule has 0 fully saturated rings. The first-order valence-corrected chi connectivity index (χ1v) is 6.69. The van der Waals surface area contributed by atoms with Gasteiger partial charge in [0.25, 0.3) is 5.91 Å². The van der Waals surface area contributed by atoms with Crippen molar-refractivity contribution in [3.8, 4) is 0 Å². The van der Waals surface area contributed by atoms with Gasteiger partial charge in [0.15, 0.2) is 0 Å². The van der Waals surface area contributed by atoms with Gasteiger partial charge in [0, 0.05) is 11.6 Å². The molecule has 0 bridgehead atoms. The number of halogens is 1. The third-order valence-electron chi connectivity index (χ3n) is 2.62. The summed E-state index contributed by atoms with van der Waals surface area (Å²) in [6.45, 7) is 1.91. The van der Waals surface area contributed by atoms with Crippen LogP contribution in [0.4, 0.5) is 0 Å². The van der Waals surface area contributed by atoms with E-state index in [0.29, 0.717) is 18.4 Å². The number of carbonyl (C=O) groups is 2. The Balaban J connectivity index is 2.58. The van der Waals surface area contributed by atoms with Crippen molar-refractivity contribution < 1.29 is 14.7 Å². The minimum absolute atomic E-state index is 0.154. The average Bonchev–Trinajstić information content (AvgIpc) is 2.38. The zero-order valence-electron chi connectivity index (χ0n) is 10.1. The molecule has 4 nitrogen and oxygen atoms in total. The van der Waals surface area contributed by atoms with E-state index >= 15 is 0 Å². The molecule has 1 rings (SSSR count). The maximum atomic E-state index is 11.9. The van der Waals surface area contributed by atoms with Gasteiger partial charge in [-0.15, -0.1) is 0 Å². The van der Waals surface area contributed by atoms with E-state index in [-0.39, 0.29) is 11.9 Å². The van der Waals surface area contributed by atoms with Crippen LogP contribution in [-0.2, 0) is 4.79 Å². The second-order valence-corrected chi connectivity index (χ2v) is 5.09. The highest BCUT2D eigenvalue weighted by Gasteiger charge is 2.20. The van der Waals surface area contributed by atoms with E-state index in [1.807, 2.05) is 13.0 Å². The maximum Gasteiger partial charge on any atom is 0.317 e. The first kappa shape index (κ1) is 14.7. The van der Waals surface area contributed by atoms with Crippen molar-refractivity contribution in [1.82, 2.24) is 5.32 Å². The summed E-state index contributed by atoms with van der Waals surface area (Å²) in [6.07, 6.45) is 1.05. The topological polar surface area (TPSA) is 66.4 Å². The van der Waals surface area contributed by atoms with Crippen LogP contribution in [-0.4, -0.2) is 27.9 Å². The van der Waals surface area contributed by atoms with E-state index in [4.69, 9.17) is 5.11 Å². The van der Waals surface area contributed by atoms with Gasteiger partial charge in [0.1, 0.15) is 4.83 Å². The lowest BCUT2D eigenvalue weighted by Crippen LogP contribution is -2.37. The summed E-state index contributed by atoms with van der Waals surface area (Å²) >= 11 is 3.08. The van der Waals surface area contributed by atoms with E-state index in [9.17, 15) is 9.59 Å². The molecule has 18 heavy (non-hydrogen) atoms. The molecule has 0 aliphatic heterocycles. The summed E-state index contributed by atoms with van der Waals surface area (Å²) in [7, 11) is 0. The fourth-order valence-corrected chi connectivity index (χ4v) is 1.99. The summed E-state index contributed by atoms with van der Waals surface area (Å²) in [4.78, 5) is 22.0. The van der Waals surface area contributed by atoms with Crippen LogP contribution >= 0.6 is 15.9 Å².